The molecule has 1 aromatic carbocycles. The number of benzene rings is 1. The van der Waals surface area contributed by atoms with Gasteiger partial charge in [0, 0.05) is 30.6 Å². The third-order valence-electron chi connectivity index (χ3n) is 3.64. The molecule has 3 N–H and O–H groups in total. The fraction of sp³-hybridized carbons (Fsp3) is 0.333. The number of anilines is 1. The van der Waals surface area contributed by atoms with Crippen molar-refractivity contribution in [2.45, 2.75) is 39.3 Å². The molecule has 24 heavy (non-hydrogen) atoms. The Morgan fingerprint density at radius 1 is 1.29 bits per heavy atom. The van der Waals surface area contributed by atoms with Crippen LogP contribution in [0.25, 0.3) is 0 Å². The molecule has 2 aromatic rings. The molecule has 0 aliphatic rings. The van der Waals surface area contributed by atoms with Crippen molar-refractivity contribution in [2.24, 2.45) is 0 Å². The number of hydrogen-bond donors (Lipinski definition) is 3. The van der Waals surface area contributed by atoms with Crippen molar-refractivity contribution in [1.82, 2.24) is 5.32 Å². The average Bonchev–Trinajstić information content (AvgIpc) is 3.03. The topological polar surface area (TPSA) is 91.6 Å². The van der Waals surface area contributed by atoms with E-state index in [1.807, 2.05) is 13.8 Å². The molecular weight excluding hydrogens is 308 g/mol. The number of hydrogen-bond acceptors (Lipinski definition) is 4. The van der Waals surface area contributed by atoms with Crippen LogP contribution < -0.4 is 10.6 Å². The molecule has 0 saturated carbocycles. The van der Waals surface area contributed by atoms with Gasteiger partial charge in [-0.25, -0.2) is 0 Å². The van der Waals surface area contributed by atoms with Gasteiger partial charge in [0.25, 0.3) is 5.91 Å². The molecule has 2 rings (SSSR count). The van der Waals surface area contributed by atoms with Gasteiger partial charge < -0.3 is 20.2 Å². The van der Waals surface area contributed by atoms with Crippen LogP contribution in [0.2, 0.25) is 0 Å². The zero-order valence-electron chi connectivity index (χ0n) is 14.0. The van der Waals surface area contributed by atoms with E-state index in [9.17, 15) is 14.7 Å². The summed E-state index contributed by atoms with van der Waals surface area (Å²) in [5.74, 6) is 0.0192. The molecular formula is C18H22N2O4. The molecule has 0 radical (unpaired) electrons. The van der Waals surface area contributed by atoms with Crippen molar-refractivity contribution in [2.75, 3.05) is 5.32 Å². The van der Waals surface area contributed by atoms with E-state index in [0.717, 1.165) is 5.56 Å². The molecule has 1 aromatic heterocycles. The maximum Gasteiger partial charge on any atom is 0.251 e. The summed E-state index contributed by atoms with van der Waals surface area (Å²) in [7, 11) is 0. The number of aliphatic hydroxyl groups is 1. The molecule has 2 unspecified atom stereocenters. The maximum atomic E-state index is 12.3. The molecule has 1 heterocycles. The quantitative estimate of drug-likeness (QED) is 0.759. The zero-order valence-corrected chi connectivity index (χ0v) is 14.0. The molecule has 0 spiro atoms. The molecule has 0 bridgehead atoms. The Morgan fingerprint density at radius 2 is 2.04 bits per heavy atom. The number of aryl methyl sites for hydroxylation is 1. The van der Waals surface area contributed by atoms with Gasteiger partial charge in [-0.2, -0.15) is 0 Å². The van der Waals surface area contributed by atoms with Crippen LogP contribution in [0.5, 0.6) is 0 Å². The van der Waals surface area contributed by atoms with E-state index in [0.29, 0.717) is 23.4 Å². The van der Waals surface area contributed by atoms with Crippen LogP contribution in [0, 0.1) is 6.92 Å². The third-order valence-corrected chi connectivity index (χ3v) is 3.64. The lowest BCUT2D eigenvalue weighted by Gasteiger charge is -2.17. The lowest BCUT2D eigenvalue weighted by molar-refractivity contribution is -0.114. The summed E-state index contributed by atoms with van der Waals surface area (Å²) < 4.78 is 5.15. The lowest BCUT2D eigenvalue weighted by atomic mass is 10.1. The second kappa shape index (κ2) is 7.79. The molecule has 6 nitrogen and oxygen atoms in total. The summed E-state index contributed by atoms with van der Waals surface area (Å²) in [5, 5.41) is 15.6. The van der Waals surface area contributed by atoms with E-state index in [1.165, 1.54) is 13.2 Å². The molecule has 6 heteroatoms. The Labute approximate surface area is 140 Å². The van der Waals surface area contributed by atoms with Gasteiger partial charge in [0.15, 0.2) is 0 Å². The highest BCUT2D eigenvalue weighted by molar-refractivity contribution is 5.97. The lowest BCUT2D eigenvalue weighted by Crippen LogP contribution is -2.33. The summed E-state index contributed by atoms with van der Waals surface area (Å²) in [6, 6.07) is 8.27. The Hall–Kier alpha value is -2.60. The molecule has 0 aliphatic heterocycles. The van der Waals surface area contributed by atoms with Crippen molar-refractivity contribution < 1.29 is 19.1 Å². The van der Waals surface area contributed by atoms with Crippen LogP contribution in [-0.4, -0.2) is 23.0 Å². The van der Waals surface area contributed by atoms with Gasteiger partial charge in [0.05, 0.1) is 6.26 Å². The van der Waals surface area contributed by atoms with Gasteiger partial charge >= 0.3 is 0 Å². The minimum atomic E-state index is -0.775. The number of rotatable bonds is 6. The predicted molar refractivity (Wildman–Crippen MR) is 90.7 cm³/mol. The first-order valence-corrected chi connectivity index (χ1v) is 7.77. The summed E-state index contributed by atoms with van der Waals surface area (Å²) in [6.45, 7) is 5.09. The van der Waals surface area contributed by atoms with Crippen molar-refractivity contribution >= 4 is 17.5 Å². The molecule has 0 aliphatic carbocycles. The molecule has 2 amide bonds. The number of aliphatic hydroxyl groups excluding tert-OH is 1. The molecule has 2 atom stereocenters. The number of carbonyl (C=O) groups is 2. The minimum Gasteiger partial charge on any atom is -0.467 e. The van der Waals surface area contributed by atoms with Crippen molar-refractivity contribution in [1.29, 1.82) is 0 Å². The third kappa shape index (κ3) is 4.70. The van der Waals surface area contributed by atoms with Crippen molar-refractivity contribution in [3.63, 3.8) is 0 Å². The average molecular weight is 330 g/mol. The maximum absolute atomic E-state index is 12.3. The Bertz CT molecular complexity index is 710. The van der Waals surface area contributed by atoms with Gasteiger partial charge in [0.2, 0.25) is 5.91 Å². The normalized spacial score (nSPS) is 13.2. The fourth-order valence-corrected chi connectivity index (χ4v) is 2.39. The zero-order chi connectivity index (χ0) is 17.7. The highest BCUT2D eigenvalue weighted by atomic mass is 16.4. The minimum absolute atomic E-state index is 0.189. The predicted octanol–water partition coefficient (Wildman–Crippen LogP) is 2.79. The van der Waals surface area contributed by atoms with Crippen LogP contribution in [0.15, 0.2) is 41.0 Å². The Balaban J connectivity index is 1.99. The van der Waals surface area contributed by atoms with E-state index in [-0.39, 0.29) is 17.9 Å². The van der Waals surface area contributed by atoms with Crippen molar-refractivity contribution in [3.05, 3.63) is 53.5 Å². The smallest absolute Gasteiger partial charge is 0.251 e. The monoisotopic (exact) mass is 330 g/mol. The van der Waals surface area contributed by atoms with Gasteiger partial charge in [-0.05, 0) is 43.7 Å². The van der Waals surface area contributed by atoms with Gasteiger partial charge in [0.1, 0.15) is 11.9 Å². The van der Waals surface area contributed by atoms with Crippen LogP contribution in [0.4, 0.5) is 5.69 Å². The first-order valence-electron chi connectivity index (χ1n) is 7.77. The number of carbonyl (C=O) groups excluding carboxylic acids is 2. The van der Waals surface area contributed by atoms with E-state index >= 15 is 0 Å². The van der Waals surface area contributed by atoms with Gasteiger partial charge in [-0.3, -0.25) is 9.59 Å². The van der Waals surface area contributed by atoms with Crippen LogP contribution >= 0.6 is 0 Å². The second-order valence-electron chi connectivity index (χ2n) is 5.85. The number of nitrogens with one attached hydrogen (secondary N) is 2. The summed E-state index contributed by atoms with van der Waals surface area (Å²) in [5.41, 5.74) is 1.94. The number of furan rings is 1. The van der Waals surface area contributed by atoms with Crippen LogP contribution in [0.1, 0.15) is 48.1 Å². The van der Waals surface area contributed by atoms with E-state index in [1.54, 1.807) is 30.3 Å². The number of amides is 2. The Morgan fingerprint density at radius 3 is 2.67 bits per heavy atom. The Kier molecular flexibility index (Phi) is 5.76. The fourth-order valence-electron chi connectivity index (χ4n) is 2.39. The molecule has 0 saturated heterocycles. The van der Waals surface area contributed by atoms with E-state index < -0.39 is 6.10 Å². The van der Waals surface area contributed by atoms with Gasteiger partial charge in [-0.15, -0.1) is 0 Å². The van der Waals surface area contributed by atoms with Gasteiger partial charge in [-0.1, -0.05) is 6.07 Å². The first kappa shape index (κ1) is 17.7. The summed E-state index contributed by atoms with van der Waals surface area (Å²) in [4.78, 5) is 23.6. The highest BCUT2D eigenvalue weighted by Crippen LogP contribution is 2.20. The largest absolute Gasteiger partial charge is 0.467 e. The SMILES string of the molecule is CC(=O)Nc1cc(C(=O)NC(C)CC(O)c2ccco2)ccc1C. The second-order valence-corrected chi connectivity index (χ2v) is 5.85. The van der Waals surface area contributed by atoms with E-state index in [4.69, 9.17) is 4.42 Å². The van der Waals surface area contributed by atoms with Crippen LogP contribution in [0.3, 0.4) is 0 Å². The molecule has 0 fully saturated rings. The van der Waals surface area contributed by atoms with Crippen molar-refractivity contribution in [3.8, 4) is 0 Å². The highest BCUT2D eigenvalue weighted by Gasteiger charge is 2.17. The standard InChI is InChI=1S/C18H22N2O4/c1-11-6-7-14(10-15(11)20-13(3)21)18(23)19-12(2)9-16(22)17-5-4-8-24-17/h4-8,10,12,16,22H,9H2,1-3H3,(H,19,23)(H,20,21). The summed E-state index contributed by atoms with van der Waals surface area (Å²) >= 11 is 0. The first-order chi connectivity index (χ1) is 11.4. The molecule has 128 valence electrons. The van der Waals surface area contributed by atoms with Crippen LogP contribution in [-0.2, 0) is 4.79 Å². The van der Waals surface area contributed by atoms with E-state index in [2.05, 4.69) is 10.6 Å². The summed E-state index contributed by atoms with van der Waals surface area (Å²) in [6.07, 6.45) is 1.06.